The van der Waals surface area contributed by atoms with Gasteiger partial charge in [-0.15, -0.1) is 0 Å². The molecule has 0 unspecified atom stereocenters. The lowest BCUT2D eigenvalue weighted by Gasteiger charge is -2.15. The summed E-state index contributed by atoms with van der Waals surface area (Å²) in [5.41, 5.74) is 1.63. The van der Waals surface area contributed by atoms with Crippen LogP contribution in [0.25, 0.3) is 0 Å². The third kappa shape index (κ3) is 3.97. The van der Waals surface area contributed by atoms with Crippen LogP contribution in [-0.4, -0.2) is 51.3 Å². The molecule has 2 aromatic rings. The van der Waals surface area contributed by atoms with Crippen LogP contribution in [0.2, 0.25) is 0 Å². The van der Waals surface area contributed by atoms with E-state index in [-0.39, 0.29) is 19.0 Å². The molecular formula is C19H22N2O4. The Morgan fingerprint density at radius 3 is 2.28 bits per heavy atom. The van der Waals surface area contributed by atoms with Crippen molar-refractivity contribution >= 4 is 5.91 Å². The summed E-state index contributed by atoms with van der Waals surface area (Å²) in [6.45, 7) is 4.51. The summed E-state index contributed by atoms with van der Waals surface area (Å²) in [4.78, 5) is 17.9. The summed E-state index contributed by atoms with van der Waals surface area (Å²) in [5, 5.41) is 19.1. The Morgan fingerprint density at radius 2 is 1.76 bits per heavy atom. The molecule has 3 rings (SSSR count). The smallest absolute Gasteiger partial charge is 0.255 e. The third-order valence-corrected chi connectivity index (χ3v) is 4.30. The van der Waals surface area contributed by atoms with E-state index in [0.717, 1.165) is 0 Å². The van der Waals surface area contributed by atoms with E-state index in [9.17, 15) is 15.0 Å². The van der Waals surface area contributed by atoms with Crippen LogP contribution in [0.3, 0.4) is 0 Å². The number of hydrogen-bond acceptors (Lipinski definition) is 5. The molecule has 2 atom stereocenters. The number of ether oxygens (including phenoxy) is 1. The van der Waals surface area contributed by atoms with E-state index in [4.69, 9.17) is 4.74 Å². The maximum atomic E-state index is 12.3. The Morgan fingerprint density at radius 1 is 1.12 bits per heavy atom. The summed E-state index contributed by atoms with van der Waals surface area (Å²) in [6, 6.07) is 11.1. The number of pyridine rings is 1. The lowest BCUT2D eigenvalue weighted by molar-refractivity contribution is 0.0572. The highest BCUT2D eigenvalue weighted by Crippen LogP contribution is 2.23. The molecule has 6 heteroatoms. The molecule has 2 heterocycles. The van der Waals surface area contributed by atoms with Crippen molar-refractivity contribution in [1.29, 1.82) is 0 Å². The molecule has 1 aromatic carbocycles. The van der Waals surface area contributed by atoms with Crippen molar-refractivity contribution in [1.82, 2.24) is 9.88 Å². The second kappa shape index (κ2) is 7.21. The minimum atomic E-state index is -0.895. The normalized spacial score (nSPS) is 20.1. The van der Waals surface area contributed by atoms with E-state index in [0.29, 0.717) is 23.1 Å². The van der Waals surface area contributed by atoms with Gasteiger partial charge in [-0.1, -0.05) is 26.0 Å². The largest absolute Gasteiger partial charge is 0.439 e. The SMILES string of the molecule is CC(C)c1ccc(Oc2ccc(C(=O)N3C[C@@H](O)[C@H](O)C3)cn2)cc1. The third-order valence-electron chi connectivity index (χ3n) is 4.30. The molecule has 1 aliphatic heterocycles. The van der Waals surface area contributed by atoms with Gasteiger partial charge in [-0.3, -0.25) is 4.79 Å². The summed E-state index contributed by atoms with van der Waals surface area (Å²) in [5.74, 6) is 1.27. The number of aliphatic hydroxyl groups excluding tert-OH is 2. The molecule has 1 aliphatic rings. The molecule has 0 radical (unpaired) electrons. The molecule has 1 amide bonds. The van der Waals surface area contributed by atoms with Gasteiger partial charge in [0.15, 0.2) is 0 Å². The Hall–Kier alpha value is -2.44. The van der Waals surface area contributed by atoms with Gasteiger partial charge >= 0.3 is 0 Å². The van der Waals surface area contributed by atoms with Crippen LogP contribution in [0, 0.1) is 0 Å². The van der Waals surface area contributed by atoms with Gasteiger partial charge in [0.05, 0.1) is 17.8 Å². The zero-order valence-corrected chi connectivity index (χ0v) is 14.3. The monoisotopic (exact) mass is 342 g/mol. The van der Waals surface area contributed by atoms with Crippen molar-refractivity contribution in [2.24, 2.45) is 0 Å². The number of amides is 1. The Kier molecular flexibility index (Phi) is 5.01. The number of nitrogens with zero attached hydrogens (tertiary/aromatic N) is 2. The second-order valence-corrected chi connectivity index (χ2v) is 6.56. The van der Waals surface area contributed by atoms with Crippen LogP contribution in [0.4, 0.5) is 0 Å². The maximum Gasteiger partial charge on any atom is 0.255 e. The number of rotatable bonds is 4. The van der Waals surface area contributed by atoms with Crippen LogP contribution in [0.5, 0.6) is 11.6 Å². The molecule has 1 aromatic heterocycles. The fraction of sp³-hybridized carbons (Fsp3) is 0.368. The minimum absolute atomic E-state index is 0.125. The summed E-state index contributed by atoms with van der Waals surface area (Å²) < 4.78 is 5.69. The molecule has 0 aliphatic carbocycles. The second-order valence-electron chi connectivity index (χ2n) is 6.56. The van der Waals surface area contributed by atoms with Crippen molar-refractivity contribution in [3.63, 3.8) is 0 Å². The molecule has 0 saturated carbocycles. The van der Waals surface area contributed by atoms with Gasteiger partial charge in [0.25, 0.3) is 5.91 Å². The Balaban J connectivity index is 1.65. The zero-order valence-electron chi connectivity index (χ0n) is 14.3. The number of aliphatic hydroxyl groups is 2. The lowest BCUT2D eigenvalue weighted by Crippen LogP contribution is -2.29. The number of benzene rings is 1. The number of carbonyl (C=O) groups is 1. The highest BCUT2D eigenvalue weighted by atomic mass is 16.5. The van der Waals surface area contributed by atoms with Gasteiger partial charge in [0.2, 0.25) is 5.88 Å². The van der Waals surface area contributed by atoms with Crippen LogP contribution in [0.15, 0.2) is 42.6 Å². The molecule has 2 N–H and O–H groups in total. The van der Waals surface area contributed by atoms with Crippen LogP contribution in [0.1, 0.15) is 35.7 Å². The molecule has 25 heavy (non-hydrogen) atoms. The molecule has 6 nitrogen and oxygen atoms in total. The predicted octanol–water partition coefficient (Wildman–Crippen LogP) is 2.17. The molecule has 0 bridgehead atoms. The van der Waals surface area contributed by atoms with Gasteiger partial charge in [-0.25, -0.2) is 4.98 Å². The average Bonchev–Trinajstić information content (AvgIpc) is 2.94. The Labute approximate surface area is 146 Å². The van der Waals surface area contributed by atoms with Gasteiger partial charge in [0, 0.05) is 25.4 Å². The summed E-state index contributed by atoms with van der Waals surface area (Å²) in [6.07, 6.45) is -0.348. The first-order valence-electron chi connectivity index (χ1n) is 8.33. The van der Waals surface area contributed by atoms with Crippen molar-refractivity contribution in [2.75, 3.05) is 13.1 Å². The van der Waals surface area contributed by atoms with Gasteiger partial charge in [-0.2, -0.15) is 0 Å². The van der Waals surface area contributed by atoms with E-state index in [1.165, 1.54) is 16.7 Å². The lowest BCUT2D eigenvalue weighted by atomic mass is 10.0. The molecule has 132 valence electrons. The van der Waals surface area contributed by atoms with Gasteiger partial charge in [0.1, 0.15) is 5.75 Å². The van der Waals surface area contributed by atoms with Crippen LogP contribution in [-0.2, 0) is 0 Å². The van der Waals surface area contributed by atoms with Crippen LogP contribution < -0.4 is 4.74 Å². The molecule has 1 saturated heterocycles. The number of β-amino-alcohol motifs (C(OH)–C–C–N with tert-alkyl or cyclic N) is 2. The first-order valence-corrected chi connectivity index (χ1v) is 8.33. The molecule has 0 spiro atoms. The number of hydrogen-bond donors (Lipinski definition) is 2. The first kappa shape index (κ1) is 17.4. The molecule has 1 fully saturated rings. The zero-order chi connectivity index (χ0) is 18.0. The van der Waals surface area contributed by atoms with E-state index < -0.39 is 12.2 Å². The highest BCUT2D eigenvalue weighted by molar-refractivity contribution is 5.94. The van der Waals surface area contributed by atoms with Crippen molar-refractivity contribution < 1.29 is 19.7 Å². The minimum Gasteiger partial charge on any atom is -0.439 e. The topological polar surface area (TPSA) is 82.9 Å². The number of likely N-dealkylation sites (tertiary alicyclic amines) is 1. The van der Waals surface area contributed by atoms with E-state index >= 15 is 0 Å². The van der Waals surface area contributed by atoms with E-state index in [1.807, 2.05) is 24.3 Å². The van der Waals surface area contributed by atoms with Crippen molar-refractivity contribution in [3.05, 3.63) is 53.7 Å². The average molecular weight is 342 g/mol. The van der Waals surface area contributed by atoms with Gasteiger partial charge in [-0.05, 0) is 29.7 Å². The van der Waals surface area contributed by atoms with Crippen LogP contribution >= 0.6 is 0 Å². The standard InChI is InChI=1S/C19H22N2O4/c1-12(2)13-3-6-15(7-4-13)25-18-8-5-14(9-20-18)19(24)21-10-16(22)17(23)11-21/h3-9,12,16-17,22-23H,10-11H2,1-2H3/t16-,17-/m1/s1. The first-order chi connectivity index (χ1) is 11.9. The summed E-state index contributed by atoms with van der Waals surface area (Å²) in [7, 11) is 0. The van der Waals surface area contributed by atoms with E-state index in [2.05, 4.69) is 18.8 Å². The number of aromatic nitrogens is 1. The van der Waals surface area contributed by atoms with Crippen molar-refractivity contribution in [3.8, 4) is 11.6 Å². The van der Waals surface area contributed by atoms with Crippen molar-refractivity contribution in [2.45, 2.75) is 32.0 Å². The van der Waals surface area contributed by atoms with E-state index in [1.54, 1.807) is 12.1 Å². The fourth-order valence-corrected chi connectivity index (χ4v) is 2.73. The summed E-state index contributed by atoms with van der Waals surface area (Å²) >= 11 is 0. The van der Waals surface area contributed by atoms with Gasteiger partial charge < -0.3 is 19.8 Å². The molecular weight excluding hydrogens is 320 g/mol. The highest BCUT2D eigenvalue weighted by Gasteiger charge is 2.33. The number of carbonyl (C=O) groups excluding carboxylic acids is 1. The Bertz CT molecular complexity index is 718. The fourth-order valence-electron chi connectivity index (χ4n) is 2.73. The quantitative estimate of drug-likeness (QED) is 0.890. The predicted molar refractivity (Wildman–Crippen MR) is 92.8 cm³/mol. The maximum absolute atomic E-state index is 12.3.